The number of aliphatic hydroxyl groups is 1. The van der Waals surface area contributed by atoms with Gasteiger partial charge in [0.2, 0.25) is 0 Å². The summed E-state index contributed by atoms with van der Waals surface area (Å²) in [6, 6.07) is 2.49. The summed E-state index contributed by atoms with van der Waals surface area (Å²) in [7, 11) is 0. The number of benzene rings is 1. The molecule has 1 aromatic carbocycles. The first-order valence-corrected chi connectivity index (χ1v) is 5.11. The molecule has 19 heavy (non-hydrogen) atoms. The first kappa shape index (κ1) is 14.5. The zero-order chi connectivity index (χ0) is 14.6. The van der Waals surface area contributed by atoms with Crippen LogP contribution in [0.5, 0.6) is 0 Å². The van der Waals surface area contributed by atoms with Gasteiger partial charge in [-0.15, -0.1) is 0 Å². The maximum Gasteiger partial charge on any atom is 0.338 e. The molecule has 0 saturated carbocycles. The monoisotopic (exact) mass is 270 g/mol. The Balaban J connectivity index is 3.16. The molecule has 102 valence electrons. The lowest BCUT2D eigenvalue weighted by molar-refractivity contribution is -0.394. The fourth-order valence-corrected chi connectivity index (χ4v) is 1.21. The Morgan fingerprint density at radius 2 is 1.74 bits per heavy atom. The Hall–Kier alpha value is -2.55. The van der Waals surface area contributed by atoms with E-state index in [4.69, 9.17) is 9.84 Å². The quantitative estimate of drug-likeness (QED) is 0.480. The second-order valence-electron chi connectivity index (χ2n) is 3.65. The van der Waals surface area contributed by atoms with E-state index in [2.05, 4.69) is 0 Å². The van der Waals surface area contributed by atoms with Crippen LogP contribution in [-0.2, 0) is 4.74 Å². The topological polar surface area (TPSA) is 133 Å². The summed E-state index contributed by atoms with van der Waals surface area (Å²) in [4.78, 5) is 31.1. The zero-order valence-corrected chi connectivity index (χ0v) is 9.81. The van der Waals surface area contributed by atoms with E-state index >= 15 is 0 Å². The third kappa shape index (κ3) is 3.71. The number of hydrogen-bond donors (Lipinski definition) is 1. The fraction of sp³-hybridized carbons (Fsp3) is 0.300. The molecule has 0 aliphatic carbocycles. The van der Waals surface area contributed by atoms with E-state index in [-0.39, 0.29) is 5.56 Å². The Morgan fingerprint density at radius 3 is 2.11 bits per heavy atom. The minimum Gasteiger partial charge on any atom is -0.457 e. The third-order valence-electron chi connectivity index (χ3n) is 2.13. The highest BCUT2D eigenvalue weighted by Gasteiger charge is 2.21. The number of nitro benzene ring substituents is 2. The average molecular weight is 270 g/mol. The fourth-order valence-electron chi connectivity index (χ4n) is 1.21. The highest BCUT2D eigenvalue weighted by molar-refractivity contribution is 5.91. The summed E-state index contributed by atoms with van der Waals surface area (Å²) in [5, 5.41) is 30.0. The van der Waals surface area contributed by atoms with Gasteiger partial charge in [-0.05, 0) is 6.92 Å². The molecule has 0 fully saturated rings. The van der Waals surface area contributed by atoms with Gasteiger partial charge in [-0.25, -0.2) is 4.79 Å². The number of rotatable bonds is 5. The number of carbonyl (C=O) groups excluding carboxylic acids is 1. The van der Waals surface area contributed by atoms with Crippen molar-refractivity contribution in [2.45, 2.75) is 13.0 Å². The highest BCUT2D eigenvalue weighted by Crippen LogP contribution is 2.23. The number of non-ortho nitro benzene ring substituents is 2. The number of nitrogens with zero attached hydrogens (tertiary/aromatic N) is 2. The van der Waals surface area contributed by atoms with Gasteiger partial charge < -0.3 is 9.84 Å². The molecule has 9 heteroatoms. The molecule has 1 rings (SSSR count). The van der Waals surface area contributed by atoms with E-state index in [1.54, 1.807) is 0 Å². The normalized spacial score (nSPS) is 11.7. The lowest BCUT2D eigenvalue weighted by atomic mass is 10.2. The highest BCUT2D eigenvalue weighted by atomic mass is 16.6. The van der Waals surface area contributed by atoms with Crippen molar-refractivity contribution in [2.24, 2.45) is 0 Å². The van der Waals surface area contributed by atoms with E-state index in [0.29, 0.717) is 0 Å². The Bertz CT molecular complexity index is 496. The number of carbonyl (C=O) groups is 1. The molecule has 0 amide bonds. The predicted molar refractivity (Wildman–Crippen MR) is 61.7 cm³/mol. The van der Waals surface area contributed by atoms with Crippen LogP contribution in [-0.4, -0.2) is 33.6 Å². The van der Waals surface area contributed by atoms with Crippen molar-refractivity contribution < 1.29 is 24.5 Å². The standard InChI is InChI=1S/C10H10N2O7/c1-6(5-13)19-10(14)7-2-8(11(15)16)4-9(3-7)12(17)18/h2-4,6,13H,5H2,1H3. The number of ether oxygens (including phenoxy) is 1. The summed E-state index contributed by atoms with van der Waals surface area (Å²) in [6.45, 7) is 0.979. The summed E-state index contributed by atoms with van der Waals surface area (Å²) in [5.74, 6) is -0.978. The zero-order valence-electron chi connectivity index (χ0n) is 9.81. The molecular formula is C10H10N2O7. The Labute approximate surface area is 106 Å². The van der Waals surface area contributed by atoms with Crippen molar-refractivity contribution >= 4 is 17.3 Å². The maximum atomic E-state index is 11.6. The number of esters is 1. The molecule has 1 N–H and O–H groups in total. The van der Waals surface area contributed by atoms with E-state index in [1.165, 1.54) is 6.92 Å². The van der Waals surface area contributed by atoms with Gasteiger partial charge >= 0.3 is 5.97 Å². The second kappa shape index (κ2) is 5.87. The summed E-state index contributed by atoms with van der Waals surface area (Å²) in [6.07, 6.45) is -0.814. The van der Waals surface area contributed by atoms with E-state index < -0.39 is 39.9 Å². The van der Waals surface area contributed by atoms with Gasteiger partial charge in [0.25, 0.3) is 11.4 Å². The van der Waals surface area contributed by atoms with Crippen LogP contribution in [0.1, 0.15) is 17.3 Å². The molecule has 0 radical (unpaired) electrons. The number of hydrogen-bond acceptors (Lipinski definition) is 7. The summed E-state index contributed by atoms with van der Waals surface area (Å²) in [5.41, 5.74) is -1.49. The van der Waals surface area contributed by atoms with Crippen LogP contribution in [0.4, 0.5) is 11.4 Å². The largest absolute Gasteiger partial charge is 0.457 e. The SMILES string of the molecule is CC(CO)OC(=O)c1cc([N+](=O)[O-])cc([N+](=O)[O-])c1. The average Bonchev–Trinajstić information content (AvgIpc) is 2.37. The van der Waals surface area contributed by atoms with Crippen molar-refractivity contribution in [1.82, 2.24) is 0 Å². The molecule has 1 unspecified atom stereocenters. The van der Waals surface area contributed by atoms with Crippen LogP contribution < -0.4 is 0 Å². The minimum atomic E-state index is -0.978. The van der Waals surface area contributed by atoms with E-state index in [9.17, 15) is 25.0 Å². The van der Waals surface area contributed by atoms with Crippen LogP contribution in [0, 0.1) is 20.2 Å². The lowest BCUT2D eigenvalue weighted by Gasteiger charge is -2.09. The molecule has 0 aliphatic rings. The van der Waals surface area contributed by atoms with Crippen LogP contribution >= 0.6 is 0 Å². The van der Waals surface area contributed by atoms with Gasteiger partial charge in [0.1, 0.15) is 6.10 Å². The Kier molecular flexibility index (Phi) is 4.48. The summed E-state index contributed by atoms with van der Waals surface area (Å²) < 4.78 is 4.72. The molecule has 9 nitrogen and oxygen atoms in total. The van der Waals surface area contributed by atoms with Gasteiger partial charge in [-0.2, -0.15) is 0 Å². The van der Waals surface area contributed by atoms with Crippen molar-refractivity contribution in [3.63, 3.8) is 0 Å². The van der Waals surface area contributed by atoms with Crippen LogP contribution in [0.2, 0.25) is 0 Å². The number of nitro groups is 2. The second-order valence-corrected chi connectivity index (χ2v) is 3.65. The van der Waals surface area contributed by atoms with E-state index in [1.807, 2.05) is 0 Å². The van der Waals surface area contributed by atoms with Gasteiger partial charge in [0.05, 0.1) is 28.1 Å². The van der Waals surface area contributed by atoms with Gasteiger partial charge in [0, 0.05) is 12.1 Å². The van der Waals surface area contributed by atoms with Crippen molar-refractivity contribution in [1.29, 1.82) is 0 Å². The van der Waals surface area contributed by atoms with Gasteiger partial charge in [0.15, 0.2) is 0 Å². The lowest BCUT2D eigenvalue weighted by Crippen LogP contribution is -2.18. The first-order valence-electron chi connectivity index (χ1n) is 5.11. The van der Waals surface area contributed by atoms with E-state index in [0.717, 1.165) is 18.2 Å². The molecule has 0 saturated heterocycles. The number of aliphatic hydroxyl groups excluding tert-OH is 1. The van der Waals surface area contributed by atoms with Crippen LogP contribution in [0.25, 0.3) is 0 Å². The third-order valence-corrected chi connectivity index (χ3v) is 2.13. The molecule has 0 aliphatic heterocycles. The molecule has 1 aromatic rings. The summed E-state index contributed by atoms with van der Waals surface area (Å²) >= 11 is 0. The predicted octanol–water partition coefficient (Wildman–Crippen LogP) is 1.04. The molecule has 0 heterocycles. The van der Waals surface area contributed by atoms with Crippen LogP contribution in [0.3, 0.4) is 0 Å². The molecular weight excluding hydrogens is 260 g/mol. The smallest absolute Gasteiger partial charge is 0.338 e. The Morgan fingerprint density at radius 1 is 1.26 bits per heavy atom. The maximum absolute atomic E-state index is 11.6. The first-order chi connectivity index (χ1) is 8.85. The molecule has 1 atom stereocenters. The molecule has 0 bridgehead atoms. The molecule has 0 spiro atoms. The van der Waals surface area contributed by atoms with Crippen molar-refractivity contribution in [3.05, 3.63) is 44.0 Å². The van der Waals surface area contributed by atoms with Crippen molar-refractivity contribution in [2.75, 3.05) is 6.61 Å². The van der Waals surface area contributed by atoms with Gasteiger partial charge in [-0.1, -0.05) is 0 Å². The minimum absolute atomic E-state index is 0.318. The van der Waals surface area contributed by atoms with Crippen LogP contribution in [0.15, 0.2) is 18.2 Å². The molecule has 0 aromatic heterocycles. The van der Waals surface area contributed by atoms with Crippen molar-refractivity contribution in [3.8, 4) is 0 Å². The van der Waals surface area contributed by atoms with Gasteiger partial charge in [-0.3, -0.25) is 20.2 Å².